The predicted octanol–water partition coefficient (Wildman–Crippen LogP) is 10.7. The van der Waals surface area contributed by atoms with Crippen LogP contribution in [0.5, 0.6) is 5.75 Å². The minimum atomic E-state index is -3.35. The highest BCUT2D eigenvalue weighted by Gasteiger charge is 2.57. The average Bonchev–Trinajstić information content (AvgIpc) is 2.89. The van der Waals surface area contributed by atoms with Gasteiger partial charge < -0.3 is 4.43 Å². The Kier molecular flexibility index (Phi) is 6.79. The topological polar surface area (TPSA) is 9.23 Å². The van der Waals surface area contributed by atoms with Crippen molar-refractivity contribution in [3.05, 3.63) is 52.4 Å². The molecule has 0 N–H and O–H groups in total. The molecule has 1 aliphatic carbocycles. The van der Waals surface area contributed by atoms with Crippen LogP contribution in [0.25, 0.3) is 32.3 Å². The van der Waals surface area contributed by atoms with E-state index in [0.29, 0.717) is 12.8 Å². The molecule has 0 amide bonds. The Bertz CT molecular complexity index is 1650. The van der Waals surface area contributed by atoms with Crippen molar-refractivity contribution in [2.75, 3.05) is 0 Å². The third kappa shape index (κ3) is 3.61. The van der Waals surface area contributed by atoms with E-state index in [1.54, 1.807) is 0 Å². The molecule has 0 radical (unpaired) electrons. The second-order valence-electron chi connectivity index (χ2n) is 12.0. The highest BCUT2D eigenvalue weighted by Crippen LogP contribution is 2.57. The van der Waals surface area contributed by atoms with E-state index in [-0.39, 0.29) is 11.1 Å². The van der Waals surface area contributed by atoms with Gasteiger partial charge in [-0.2, -0.15) is 4.39 Å². The molecule has 5 rings (SSSR count). The lowest BCUT2D eigenvalue weighted by Gasteiger charge is -2.51. The van der Waals surface area contributed by atoms with Crippen molar-refractivity contribution in [3.8, 4) is 5.75 Å². The molecule has 0 bridgehead atoms. The zero-order valence-electron chi connectivity index (χ0n) is 22.5. The van der Waals surface area contributed by atoms with E-state index in [1.165, 1.54) is 0 Å². The summed E-state index contributed by atoms with van der Waals surface area (Å²) in [7, 11) is -3.35. The standard InChI is InChI=1S/C29H27F9OSi/c1-11(2)40(29(3,4)5,12-9-7-6-8-10-12)39-28-18-14-13-15(19(30)20(31)17(14)24(35)27(28)38)22(33)26(37)23(34)16(13)21(32)25(18)36/h11-12H,6-10H2,1-5H3. The van der Waals surface area contributed by atoms with Crippen LogP contribution >= 0.6 is 0 Å². The summed E-state index contributed by atoms with van der Waals surface area (Å²) in [6.45, 7) is 9.26. The number of hydrogen-bond acceptors (Lipinski definition) is 1. The number of benzene rings is 4. The van der Waals surface area contributed by atoms with Crippen LogP contribution in [0, 0.1) is 52.4 Å². The van der Waals surface area contributed by atoms with E-state index in [9.17, 15) is 17.6 Å². The van der Waals surface area contributed by atoms with E-state index in [0.717, 1.165) is 19.3 Å². The Hall–Kier alpha value is -2.69. The van der Waals surface area contributed by atoms with E-state index in [2.05, 4.69) is 0 Å². The summed E-state index contributed by atoms with van der Waals surface area (Å²) in [6, 6.07) is 0. The molecule has 4 aromatic rings. The molecule has 40 heavy (non-hydrogen) atoms. The smallest absolute Gasteiger partial charge is 0.262 e. The largest absolute Gasteiger partial charge is 0.540 e. The highest BCUT2D eigenvalue weighted by molar-refractivity contribution is 6.80. The maximum Gasteiger partial charge on any atom is 0.262 e. The van der Waals surface area contributed by atoms with Crippen molar-refractivity contribution < 1.29 is 43.9 Å². The Labute approximate surface area is 225 Å². The van der Waals surface area contributed by atoms with Gasteiger partial charge >= 0.3 is 0 Å². The van der Waals surface area contributed by atoms with Gasteiger partial charge in [0.15, 0.2) is 52.3 Å². The Balaban J connectivity index is 2.01. The van der Waals surface area contributed by atoms with E-state index < -0.39 is 104 Å². The van der Waals surface area contributed by atoms with Crippen LogP contribution in [0.15, 0.2) is 0 Å². The lowest BCUT2D eigenvalue weighted by atomic mass is 9.91. The lowest BCUT2D eigenvalue weighted by molar-refractivity contribution is 0.368. The van der Waals surface area contributed by atoms with Crippen LogP contribution in [-0.4, -0.2) is 8.32 Å². The Morgan fingerprint density at radius 1 is 0.550 bits per heavy atom. The van der Waals surface area contributed by atoms with Gasteiger partial charge in [-0.3, -0.25) is 0 Å². The molecular formula is C29H27F9OSi. The number of hydrogen-bond donors (Lipinski definition) is 0. The van der Waals surface area contributed by atoms with Gasteiger partial charge in [-0.05, 0) is 29.0 Å². The summed E-state index contributed by atoms with van der Waals surface area (Å²) in [5.74, 6) is -20.2. The first-order valence-corrected chi connectivity index (χ1v) is 15.2. The summed E-state index contributed by atoms with van der Waals surface area (Å²) in [5.41, 5.74) is -0.365. The molecule has 1 nitrogen and oxygen atoms in total. The summed E-state index contributed by atoms with van der Waals surface area (Å²) >= 11 is 0. The summed E-state index contributed by atoms with van der Waals surface area (Å²) < 4.78 is 143. The lowest BCUT2D eigenvalue weighted by Crippen LogP contribution is -2.57. The van der Waals surface area contributed by atoms with Crippen LogP contribution in [-0.2, 0) is 0 Å². The Morgan fingerprint density at radius 3 is 1.35 bits per heavy atom. The van der Waals surface area contributed by atoms with Gasteiger partial charge in [0.05, 0.1) is 21.5 Å². The molecule has 0 heterocycles. The van der Waals surface area contributed by atoms with E-state index >= 15 is 22.0 Å². The number of halogens is 9. The third-order valence-electron chi connectivity index (χ3n) is 8.69. The monoisotopic (exact) mass is 590 g/mol. The summed E-state index contributed by atoms with van der Waals surface area (Å²) in [5, 5.41) is -8.53. The first-order chi connectivity index (χ1) is 18.6. The van der Waals surface area contributed by atoms with Gasteiger partial charge in [-0.1, -0.05) is 53.9 Å². The fourth-order valence-corrected chi connectivity index (χ4v) is 13.6. The van der Waals surface area contributed by atoms with Crippen molar-refractivity contribution in [2.45, 2.75) is 82.8 Å². The van der Waals surface area contributed by atoms with Gasteiger partial charge in [0.2, 0.25) is 5.82 Å². The SMILES string of the molecule is CC(C)[Si](Oc1c(F)c(F)c2c(F)c(F)c3c(F)c(F)c(F)c4c(F)c(F)c1c2c34)(C1CCCCC1)C(C)(C)C. The van der Waals surface area contributed by atoms with Crippen molar-refractivity contribution in [2.24, 2.45) is 0 Å². The predicted molar refractivity (Wildman–Crippen MR) is 138 cm³/mol. The summed E-state index contributed by atoms with van der Waals surface area (Å²) in [4.78, 5) is 0. The molecule has 1 aliphatic rings. The van der Waals surface area contributed by atoms with E-state index in [4.69, 9.17) is 4.43 Å². The fraction of sp³-hybridized carbons (Fsp3) is 0.448. The quantitative estimate of drug-likeness (QED) is 0.0995. The first kappa shape index (κ1) is 28.8. The maximum atomic E-state index is 15.9. The van der Waals surface area contributed by atoms with Crippen molar-refractivity contribution in [1.82, 2.24) is 0 Å². The molecule has 1 fully saturated rings. The van der Waals surface area contributed by atoms with Crippen LogP contribution in [0.1, 0.15) is 66.7 Å². The molecule has 0 spiro atoms. The van der Waals surface area contributed by atoms with E-state index in [1.807, 2.05) is 34.6 Å². The molecular weight excluding hydrogens is 563 g/mol. The molecule has 0 aromatic heterocycles. The second kappa shape index (κ2) is 9.42. The van der Waals surface area contributed by atoms with Crippen LogP contribution in [0.2, 0.25) is 16.1 Å². The maximum absolute atomic E-state index is 15.9. The highest BCUT2D eigenvalue weighted by atomic mass is 28.4. The molecule has 11 heteroatoms. The average molecular weight is 591 g/mol. The molecule has 216 valence electrons. The van der Waals surface area contributed by atoms with Crippen molar-refractivity contribution in [3.63, 3.8) is 0 Å². The fourth-order valence-electron chi connectivity index (χ4n) is 7.19. The molecule has 1 unspecified atom stereocenters. The van der Waals surface area contributed by atoms with Gasteiger partial charge in [-0.25, -0.2) is 35.1 Å². The third-order valence-corrected chi connectivity index (χ3v) is 15.1. The molecule has 0 aliphatic heterocycles. The molecule has 0 saturated heterocycles. The van der Waals surface area contributed by atoms with Crippen LogP contribution < -0.4 is 4.43 Å². The minimum absolute atomic E-state index is 0.103. The van der Waals surface area contributed by atoms with Crippen molar-refractivity contribution >= 4 is 40.6 Å². The minimum Gasteiger partial charge on any atom is -0.540 e. The van der Waals surface area contributed by atoms with Gasteiger partial charge in [0.1, 0.15) is 0 Å². The first-order valence-electron chi connectivity index (χ1n) is 13.2. The van der Waals surface area contributed by atoms with Gasteiger partial charge in [0, 0.05) is 10.8 Å². The normalized spacial score (nSPS) is 17.1. The summed E-state index contributed by atoms with van der Waals surface area (Å²) in [6.07, 6.45) is 4.05. The zero-order chi connectivity index (χ0) is 29.6. The van der Waals surface area contributed by atoms with Crippen LogP contribution in [0.4, 0.5) is 39.5 Å². The zero-order valence-corrected chi connectivity index (χ0v) is 23.5. The van der Waals surface area contributed by atoms with Gasteiger partial charge in [-0.15, -0.1) is 0 Å². The number of rotatable bonds is 4. The Morgan fingerprint density at radius 2 is 0.925 bits per heavy atom. The molecule has 4 aromatic carbocycles. The second-order valence-corrected chi connectivity index (χ2v) is 17.3. The molecule has 1 atom stereocenters. The van der Waals surface area contributed by atoms with Crippen molar-refractivity contribution in [1.29, 1.82) is 0 Å². The van der Waals surface area contributed by atoms with Gasteiger partial charge in [0.25, 0.3) is 8.32 Å². The van der Waals surface area contributed by atoms with Crippen LogP contribution in [0.3, 0.4) is 0 Å². The molecule has 1 saturated carbocycles.